The second-order valence-corrected chi connectivity index (χ2v) is 7.61. The Balaban J connectivity index is 1.85. The highest BCUT2D eigenvalue weighted by Gasteiger charge is 2.27. The van der Waals surface area contributed by atoms with Crippen LogP contribution in [0.15, 0.2) is 30.3 Å². The molecule has 1 aliphatic heterocycles. The molecule has 1 aliphatic rings. The highest BCUT2D eigenvalue weighted by atomic mass is 32.2. The minimum Gasteiger partial charge on any atom is -0.347 e. The average Bonchev–Trinajstić information content (AvgIpc) is 2.76. The molecule has 0 amide bonds. The van der Waals surface area contributed by atoms with Crippen LogP contribution in [0.4, 0.5) is 0 Å². The Morgan fingerprint density at radius 1 is 1.15 bits per heavy atom. The van der Waals surface area contributed by atoms with E-state index in [9.17, 15) is 8.42 Å². The lowest BCUT2D eigenvalue weighted by Crippen LogP contribution is -2.37. The molecular formula is C15H20N2O2S. The maximum absolute atomic E-state index is 11.6. The van der Waals surface area contributed by atoms with Gasteiger partial charge in [-0.3, -0.25) is 0 Å². The number of rotatable bonds is 2. The molecule has 1 aromatic carbocycles. The van der Waals surface area contributed by atoms with Gasteiger partial charge >= 0.3 is 0 Å². The van der Waals surface area contributed by atoms with Crippen LogP contribution in [0.3, 0.4) is 0 Å². The fourth-order valence-electron chi connectivity index (χ4n) is 3.19. The summed E-state index contributed by atoms with van der Waals surface area (Å²) in [6.07, 6.45) is 3.10. The van der Waals surface area contributed by atoms with E-state index in [0.717, 1.165) is 12.8 Å². The number of benzene rings is 1. The van der Waals surface area contributed by atoms with Crippen molar-refractivity contribution in [2.24, 2.45) is 7.05 Å². The van der Waals surface area contributed by atoms with E-state index in [1.165, 1.54) is 22.9 Å². The molecule has 4 nitrogen and oxygen atoms in total. The number of nitrogens with zero attached hydrogens (tertiary/aromatic N) is 2. The predicted molar refractivity (Wildman–Crippen MR) is 81.3 cm³/mol. The van der Waals surface area contributed by atoms with Gasteiger partial charge in [-0.05, 0) is 30.4 Å². The van der Waals surface area contributed by atoms with Crippen LogP contribution in [-0.2, 0) is 17.1 Å². The van der Waals surface area contributed by atoms with Gasteiger partial charge < -0.3 is 4.57 Å². The van der Waals surface area contributed by atoms with Gasteiger partial charge in [0, 0.05) is 37.3 Å². The Labute approximate surface area is 120 Å². The summed E-state index contributed by atoms with van der Waals surface area (Å²) in [6, 6.07) is 10.6. The smallest absolute Gasteiger partial charge is 0.211 e. The molecule has 5 heteroatoms. The van der Waals surface area contributed by atoms with E-state index in [-0.39, 0.29) is 0 Å². The zero-order chi connectivity index (χ0) is 14.3. The Morgan fingerprint density at radius 3 is 2.40 bits per heavy atom. The largest absolute Gasteiger partial charge is 0.347 e. The second kappa shape index (κ2) is 4.90. The molecule has 2 aromatic rings. The number of para-hydroxylation sites is 1. The molecule has 1 aromatic heterocycles. The molecule has 0 N–H and O–H groups in total. The van der Waals surface area contributed by atoms with Crippen LogP contribution in [0, 0.1) is 0 Å². The van der Waals surface area contributed by atoms with Crippen molar-refractivity contribution in [3.63, 3.8) is 0 Å². The topological polar surface area (TPSA) is 42.3 Å². The van der Waals surface area contributed by atoms with Gasteiger partial charge in [0.15, 0.2) is 0 Å². The lowest BCUT2D eigenvalue weighted by atomic mass is 9.94. The molecule has 20 heavy (non-hydrogen) atoms. The summed E-state index contributed by atoms with van der Waals surface area (Å²) in [6.45, 7) is 1.26. The van der Waals surface area contributed by atoms with Crippen molar-refractivity contribution in [2.75, 3.05) is 19.3 Å². The third kappa shape index (κ3) is 2.36. The van der Waals surface area contributed by atoms with E-state index >= 15 is 0 Å². The molecule has 0 aliphatic carbocycles. The monoisotopic (exact) mass is 292 g/mol. The quantitative estimate of drug-likeness (QED) is 0.852. The summed E-state index contributed by atoms with van der Waals surface area (Å²) in [5.74, 6) is 0.449. The van der Waals surface area contributed by atoms with Crippen molar-refractivity contribution in [1.29, 1.82) is 0 Å². The summed E-state index contributed by atoms with van der Waals surface area (Å²) in [7, 11) is -0.942. The van der Waals surface area contributed by atoms with Gasteiger partial charge in [0.25, 0.3) is 0 Å². The number of piperidine rings is 1. The Hall–Kier alpha value is -1.33. The zero-order valence-corrected chi connectivity index (χ0v) is 12.7. The fourth-order valence-corrected chi connectivity index (χ4v) is 4.06. The molecule has 3 rings (SSSR count). The van der Waals surface area contributed by atoms with Crippen LogP contribution in [0.2, 0.25) is 0 Å². The van der Waals surface area contributed by atoms with Gasteiger partial charge in [-0.2, -0.15) is 0 Å². The van der Waals surface area contributed by atoms with Crippen LogP contribution in [0.25, 0.3) is 10.9 Å². The normalized spacial score (nSPS) is 18.7. The molecule has 2 heterocycles. The number of sulfonamides is 1. The molecule has 0 unspecified atom stereocenters. The Bertz CT molecular complexity index is 725. The number of aryl methyl sites for hydroxylation is 1. The molecule has 0 atom stereocenters. The third-order valence-corrected chi connectivity index (χ3v) is 5.63. The number of fused-ring (bicyclic) bond motifs is 1. The van der Waals surface area contributed by atoms with Crippen LogP contribution in [-0.4, -0.2) is 36.6 Å². The summed E-state index contributed by atoms with van der Waals surface area (Å²) in [5.41, 5.74) is 2.56. The average molecular weight is 292 g/mol. The van der Waals surface area contributed by atoms with Crippen LogP contribution in [0.1, 0.15) is 24.5 Å². The predicted octanol–water partition coefficient (Wildman–Crippen LogP) is 2.32. The first-order chi connectivity index (χ1) is 9.47. The molecule has 0 radical (unpaired) electrons. The van der Waals surface area contributed by atoms with Crippen LogP contribution in [0.5, 0.6) is 0 Å². The number of aromatic nitrogens is 1. The lowest BCUT2D eigenvalue weighted by molar-refractivity contribution is 0.316. The van der Waals surface area contributed by atoms with E-state index in [4.69, 9.17) is 0 Å². The molecule has 0 spiro atoms. The SMILES string of the molecule is Cn1c(C2CCN(S(C)(=O)=O)CC2)cc2ccccc21. The maximum Gasteiger partial charge on any atom is 0.211 e. The van der Waals surface area contributed by atoms with Crippen LogP contribution < -0.4 is 0 Å². The van der Waals surface area contributed by atoms with Crippen molar-refractivity contribution in [3.8, 4) is 0 Å². The van der Waals surface area contributed by atoms with Crippen molar-refractivity contribution >= 4 is 20.9 Å². The first kappa shape index (κ1) is 13.6. The molecule has 1 fully saturated rings. The standard InChI is InChI=1S/C15H20N2O2S/c1-16-14-6-4-3-5-13(14)11-15(16)12-7-9-17(10-8-12)20(2,18)19/h3-6,11-12H,7-10H2,1-2H3. The first-order valence-electron chi connectivity index (χ1n) is 6.96. The molecule has 1 saturated heterocycles. The minimum atomic E-state index is -3.04. The molecule has 0 bridgehead atoms. The zero-order valence-electron chi connectivity index (χ0n) is 11.9. The van der Waals surface area contributed by atoms with E-state index in [2.05, 4.69) is 41.9 Å². The van der Waals surface area contributed by atoms with Gasteiger partial charge in [-0.15, -0.1) is 0 Å². The second-order valence-electron chi connectivity index (χ2n) is 5.62. The highest BCUT2D eigenvalue weighted by Crippen LogP contribution is 2.32. The van der Waals surface area contributed by atoms with Crippen LogP contribution >= 0.6 is 0 Å². The summed E-state index contributed by atoms with van der Waals surface area (Å²) in [5, 5.41) is 1.26. The van der Waals surface area contributed by atoms with Gasteiger partial charge in [-0.1, -0.05) is 18.2 Å². The maximum atomic E-state index is 11.6. The molecule has 0 saturated carbocycles. The summed E-state index contributed by atoms with van der Waals surface area (Å²) >= 11 is 0. The fraction of sp³-hybridized carbons (Fsp3) is 0.467. The number of hydrogen-bond acceptors (Lipinski definition) is 2. The lowest BCUT2D eigenvalue weighted by Gasteiger charge is -2.30. The van der Waals surface area contributed by atoms with Crippen molar-refractivity contribution in [1.82, 2.24) is 8.87 Å². The summed E-state index contributed by atoms with van der Waals surface area (Å²) < 4.78 is 27.0. The number of hydrogen-bond donors (Lipinski definition) is 0. The van der Waals surface area contributed by atoms with E-state index < -0.39 is 10.0 Å². The Morgan fingerprint density at radius 2 is 1.80 bits per heavy atom. The molecule has 108 valence electrons. The summed E-state index contributed by atoms with van der Waals surface area (Å²) in [4.78, 5) is 0. The van der Waals surface area contributed by atoms with E-state index in [1.54, 1.807) is 4.31 Å². The van der Waals surface area contributed by atoms with Crippen molar-refractivity contribution in [2.45, 2.75) is 18.8 Å². The van der Waals surface area contributed by atoms with Gasteiger partial charge in [-0.25, -0.2) is 12.7 Å². The van der Waals surface area contributed by atoms with Gasteiger partial charge in [0.05, 0.1) is 6.26 Å². The van der Waals surface area contributed by atoms with E-state index in [1.807, 2.05) is 0 Å². The third-order valence-electron chi connectivity index (χ3n) is 4.33. The van der Waals surface area contributed by atoms with Gasteiger partial charge in [0.1, 0.15) is 0 Å². The molecular weight excluding hydrogens is 272 g/mol. The van der Waals surface area contributed by atoms with Crippen molar-refractivity contribution in [3.05, 3.63) is 36.0 Å². The first-order valence-corrected chi connectivity index (χ1v) is 8.81. The Kier molecular flexibility index (Phi) is 3.34. The van der Waals surface area contributed by atoms with Crippen molar-refractivity contribution < 1.29 is 8.42 Å². The highest BCUT2D eigenvalue weighted by molar-refractivity contribution is 7.88. The van der Waals surface area contributed by atoms with Gasteiger partial charge in [0.2, 0.25) is 10.0 Å². The minimum absolute atomic E-state index is 0.449. The van der Waals surface area contributed by atoms with E-state index in [0.29, 0.717) is 19.0 Å².